The molecule has 166 valence electrons. The third kappa shape index (κ3) is 7.33. The number of anilines is 1. The first-order valence-corrected chi connectivity index (χ1v) is 12.1. The van der Waals surface area contributed by atoms with E-state index in [1.165, 1.54) is 12.3 Å². The van der Waals surface area contributed by atoms with Crippen LogP contribution in [0.4, 0.5) is 5.82 Å². The Morgan fingerprint density at radius 3 is 2.45 bits per heavy atom. The third-order valence-corrected chi connectivity index (χ3v) is 7.22. The molecule has 2 heterocycles. The van der Waals surface area contributed by atoms with Crippen molar-refractivity contribution < 1.29 is 56.3 Å². The molecule has 0 aromatic carbocycles. The zero-order valence-electron chi connectivity index (χ0n) is 14.5. The van der Waals surface area contributed by atoms with E-state index in [0.29, 0.717) is 5.82 Å². The van der Waals surface area contributed by atoms with Gasteiger partial charge >= 0.3 is 29.2 Å². The van der Waals surface area contributed by atoms with Gasteiger partial charge in [-0.05, 0) is 6.07 Å². The fourth-order valence-corrected chi connectivity index (χ4v) is 5.31. The topological polar surface area (TPSA) is 236 Å². The molecule has 1 aliphatic rings. The minimum absolute atomic E-state index is 0.106. The van der Waals surface area contributed by atoms with Crippen LogP contribution in [-0.2, 0) is 31.6 Å². The predicted molar refractivity (Wildman–Crippen MR) is 92.4 cm³/mol. The molecule has 16 nitrogen and oxygen atoms in total. The highest BCUT2D eigenvalue weighted by Crippen LogP contribution is 2.66. The highest BCUT2D eigenvalue weighted by Gasteiger charge is 2.42. The molecular formula is C10H18N3O13P3. The number of aliphatic hydroxyl groups excluding tert-OH is 1. The maximum atomic E-state index is 12.0. The molecule has 5 atom stereocenters. The van der Waals surface area contributed by atoms with Crippen LogP contribution in [-0.4, -0.2) is 60.1 Å². The summed E-state index contributed by atoms with van der Waals surface area (Å²) in [5, 5.41) is 12.7. The van der Waals surface area contributed by atoms with E-state index in [4.69, 9.17) is 19.4 Å². The standard InChI is InChI=1S/C10H18N3O13P3/c1-11-8-2-3-13(10(15)12-8)9-4-6(14)7(24-9)5-23-28(19,20)26-29(21,22)25-27(16,17)18/h2-3,6-7,9,14H,4-5H2,1H3,(H,19,20)(H,21,22)(H,11,12,15)(H2,16,17,18)/t6-,7-,9-/m1/s1. The molecule has 0 radical (unpaired) electrons. The first-order valence-electron chi connectivity index (χ1n) is 7.60. The maximum Gasteiger partial charge on any atom is 0.490 e. The lowest BCUT2D eigenvalue weighted by atomic mass is 10.2. The Morgan fingerprint density at radius 1 is 1.24 bits per heavy atom. The quantitative estimate of drug-likeness (QED) is 0.239. The summed E-state index contributed by atoms with van der Waals surface area (Å²) in [7, 11) is -15.0. The van der Waals surface area contributed by atoms with Crippen LogP contribution >= 0.6 is 23.5 Å². The second-order valence-electron chi connectivity index (χ2n) is 5.57. The number of nitrogens with one attached hydrogen (secondary N) is 1. The van der Waals surface area contributed by atoms with E-state index in [0.717, 1.165) is 4.57 Å². The van der Waals surface area contributed by atoms with Crippen molar-refractivity contribution >= 4 is 29.3 Å². The van der Waals surface area contributed by atoms with Gasteiger partial charge in [-0.2, -0.15) is 13.6 Å². The normalized spacial score (nSPS) is 26.6. The Bertz CT molecular complexity index is 931. The number of rotatable bonds is 9. The Morgan fingerprint density at radius 2 is 1.90 bits per heavy atom. The molecule has 0 spiro atoms. The lowest BCUT2D eigenvalue weighted by Crippen LogP contribution is -2.28. The van der Waals surface area contributed by atoms with Crippen LogP contribution in [0.2, 0.25) is 0 Å². The average molecular weight is 481 g/mol. The third-order valence-electron chi connectivity index (χ3n) is 3.42. The number of hydrogen-bond acceptors (Lipinski definition) is 11. The van der Waals surface area contributed by atoms with Gasteiger partial charge in [-0.1, -0.05) is 0 Å². The highest BCUT2D eigenvalue weighted by molar-refractivity contribution is 7.66. The van der Waals surface area contributed by atoms with Crippen LogP contribution in [0.15, 0.2) is 17.1 Å². The molecule has 1 aromatic rings. The second-order valence-corrected chi connectivity index (χ2v) is 9.99. The first-order chi connectivity index (χ1) is 13.2. The number of phosphoric acid groups is 3. The molecule has 6 N–H and O–H groups in total. The van der Waals surface area contributed by atoms with Gasteiger partial charge in [0.05, 0.1) is 12.7 Å². The van der Waals surface area contributed by atoms with E-state index in [1.54, 1.807) is 7.05 Å². The van der Waals surface area contributed by atoms with Crippen LogP contribution in [0, 0.1) is 0 Å². The van der Waals surface area contributed by atoms with E-state index in [1.807, 2.05) is 0 Å². The van der Waals surface area contributed by atoms with Gasteiger partial charge in [0.1, 0.15) is 18.1 Å². The van der Waals surface area contributed by atoms with Crippen molar-refractivity contribution in [2.24, 2.45) is 0 Å². The Balaban J connectivity index is 1.99. The minimum atomic E-state index is -5.65. The molecule has 0 saturated carbocycles. The molecule has 1 aromatic heterocycles. The van der Waals surface area contributed by atoms with Crippen molar-refractivity contribution in [3.63, 3.8) is 0 Å². The van der Waals surface area contributed by atoms with E-state index >= 15 is 0 Å². The molecule has 0 bridgehead atoms. The van der Waals surface area contributed by atoms with Crippen molar-refractivity contribution in [1.29, 1.82) is 0 Å². The smallest absolute Gasteiger partial charge is 0.390 e. The molecule has 29 heavy (non-hydrogen) atoms. The molecule has 2 unspecified atom stereocenters. The van der Waals surface area contributed by atoms with Crippen molar-refractivity contribution in [2.45, 2.75) is 24.9 Å². The SMILES string of the molecule is CNc1ccn([C@H]2C[C@@H](O)[C@@H](COP(=O)(O)OP(=O)(O)OP(=O)(O)O)O2)c(=O)n1. The second kappa shape index (κ2) is 9.02. The van der Waals surface area contributed by atoms with Gasteiger partial charge in [0.2, 0.25) is 0 Å². The summed E-state index contributed by atoms with van der Waals surface area (Å²) >= 11 is 0. The average Bonchev–Trinajstić information content (AvgIpc) is 2.90. The summed E-state index contributed by atoms with van der Waals surface area (Å²) in [6.07, 6.45) is -2.25. The van der Waals surface area contributed by atoms with Gasteiger partial charge in [0, 0.05) is 19.7 Å². The zero-order valence-corrected chi connectivity index (χ0v) is 17.2. The van der Waals surface area contributed by atoms with Gasteiger partial charge in [-0.15, -0.1) is 0 Å². The number of nitrogens with zero attached hydrogens (tertiary/aromatic N) is 2. The lowest BCUT2D eigenvalue weighted by Gasteiger charge is -2.19. The molecule has 0 aliphatic carbocycles. The fourth-order valence-electron chi connectivity index (χ4n) is 2.28. The van der Waals surface area contributed by atoms with E-state index in [-0.39, 0.29) is 6.42 Å². The summed E-state index contributed by atoms with van der Waals surface area (Å²) in [5.41, 5.74) is -0.692. The maximum absolute atomic E-state index is 12.0. The summed E-state index contributed by atoms with van der Waals surface area (Å²) in [4.78, 5) is 51.1. The number of ether oxygens (including phenoxy) is 1. The summed E-state index contributed by atoms with van der Waals surface area (Å²) in [5.74, 6) is 0.300. The van der Waals surface area contributed by atoms with E-state index < -0.39 is 54.2 Å². The number of aliphatic hydroxyl groups is 1. The molecule has 1 saturated heterocycles. The summed E-state index contributed by atoms with van der Waals surface area (Å²) < 4.78 is 51.5. The molecular weight excluding hydrogens is 463 g/mol. The fraction of sp³-hybridized carbons (Fsp3) is 0.600. The Kier molecular flexibility index (Phi) is 7.55. The van der Waals surface area contributed by atoms with Gasteiger partial charge in [0.25, 0.3) is 0 Å². The van der Waals surface area contributed by atoms with Crippen molar-refractivity contribution in [3.8, 4) is 0 Å². The molecule has 1 fully saturated rings. The molecule has 0 amide bonds. The van der Waals surface area contributed by atoms with Crippen molar-refractivity contribution in [1.82, 2.24) is 9.55 Å². The highest BCUT2D eigenvalue weighted by atomic mass is 31.3. The Labute approximate surface area is 162 Å². The minimum Gasteiger partial charge on any atom is -0.390 e. The molecule has 1 aliphatic heterocycles. The predicted octanol–water partition coefficient (Wildman–Crippen LogP) is -0.723. The monoisotopic (exact) mass is 481 g/mol. The van der Waals surface area contributed by atoms with Crippen LogP contribution in [0.5, 0.6) is 0 Å². The van der Waals surface area contributed by atoms with Crippen LogP contribution in [0.1, 0.15) is 12.6 Å². The Hall–Kier alpha value is -0.990. The van der Waals surface area contributed by atoms with Gasteiger partial charge in [-0.3, -0.25) is 9.09 Å². The van der Waals surface area contributed by atoms with Gasteiger partial charge in [-0.25, -0.2) is 18.5 Å². The van der Waals surface area contributed by atoms with Crippen molar-refractivity contribution in [3.05, 3.63) is 22.7 Å². The number of phosphoric ester groups is 1. The van der Waals surface area contributed by atoms with Gasteiger partial charge < -0.3 is 34.7 Å². The number of hydrogen-bond donors (Lipinski definition) is 6. The largest absolute Gasteiger partial charge is 0.490 e. The van der Waals surface area contributed by atoms with Crippen LogP contribution in [0.25, 0.3) is 0 Å². The molecule has 2 rings (SSSR count). The van der Waals surface area contributed by atoms with Crippen molar-refractivity contribution in [2.75, 3.05) is 19.0 Å². The van der Waals surface area contributed by atoms with E-state index in [9.17, 15) is 28.5 Å². The number of aromatic nitrogens is 2. The molecule has 19 heteroatoms. The summed E-state index contributed by atoms with van der Waals surface area (Å²) in [6.45, 7) is -0.835. The summed E-state index contributed by atoms with van der Waals surface area (Å²) in [6, 6.07) is 1.47. The lowest BCUT2D eigenvalue weighted by molar-refractivity contribution is -0.0449. The van der Waals surface area contributed by atoms with Gasteiger partial charge in [0.15, 0.2) is 0 Å². The van der Waals surface area contributed by atoms with Crippen LogP contribution in [0.3, 0.4) is 0 Å². The van der Waals surface area contributed by atoms with Crippen LogP contribution < -0.4 is 11.0 Å². The van der Waals surface area contributed by atoms with E-state index in [2.05, 4.69) is 23.4 Å². The zero-order chi connectivity index (χ0) is 22.0. The first kappa shape index (κ1) is 24.3.